The van der Waals surface area contributed by atoms with Crippen LogP contribution in [0.4, 0.5) is 0 Å². The number of carbonyl (C=O) groups is 1. The van der Waals surface area contributed by atoms with E-state index >= 15 is 0 Å². The minimum absolute atomic E-state index is 0.159. The van der Waals surface area contributed by atoms with Crippen molar-refractivity contribution in [2.45, 2.75) is 6.92 Å². The fourth-order valence-corrected chi connectivity index (χ4v) is 3.03. The molecule has 0 aliphatic rings. The smallest absolute Gasteiger partial charge is 0.213 e. The molecule has 0 amide bonds. The van der Waals surface area contributed by atoms with Crippen LogP contribution < -0.4 is 0 Å². The topological polar surface area (TPSA) is 59.6 Å². The first-order valence-electron chi connectivity index (χ1n) is 9.58. The molecule has 146 valence electrons. The summed E-state index contributed by atoms with van der Waals surface area (Å²) in [5, 5.41) is 8.73. The summed E-state index contributed by atoms with van der Waals surface area (Å²) in [5.74, 6) is -0.159. The summed E-state index contributed by atoms with van der Waals surface area (Å²) in [6.07, 6.45) is 5.38. The normalized spacial score (nSPS) is 12.0. The van der Waals surface area contributed by atoms with Crippen molar-refractivity contribution in [3.8, 4) is 5.69 Å². The lowest BCUT2D eigenvalue weighted by Crippen LogP contribution is -2.15. The second kappa shape index (κ2) is 8.92. The maximum Gasteiger partial charge on any atom is 0.213 e. The van der Waals surface area contributed by atoms with Crippen molar-refractivity contribution in [1.29, 1.82) is 0 Å². The fraction of sp³-hybridized carbons (Fsp3) is 0.0400. The van der Waals surface area contributed by atoms with Gasteiger partial charge in [0.05, 0.1) is 12.0 Å². The number of ketones is 1. The van der Waals surface area contributed by atoms with Crippen LogP contribution in [0.3, 0.4) is 0 Å². The molecule has 0 saturated heterocycles. The third kappa shape index (κ3) is 4.31. The number of imidazole rings is 1. The van der Waals surface area contributed by atoms with Crippen LogP contribution in [0.15, 0.2) is 114 Å². The molecule has 0 aliphatic carbocycles. The summed E-state index contributed by atoms with van der Waals surface area (Å²) in [5.41, 5.74) is 4.30. The molecule has 0 fully saturated rings. The van der Waals surface area contributed by atoms with E-state index in [-0.39, 0.29) is 5.78 Å². The molecule has 1 aromatic heterocycles. The van der Waals surface area contributed by atoms with Crippen molar-refractivity contribution in [1.82, 2.24) is 9.55 Å². The Morgan fingerprint density at radius 2 is 1.40 bits per heavy atom. The van der Waals surface area contributed by atoms with Crippen LogP contribution in [0.5, 0.6) is 0 Å². The number of hydrogen-bond acceptors (Lipinski definition) is 4. The maximum absolute atomic E-state index is 13.1. The van der Waals surface area contributed by atoms with Gasteiger partial charge < -0.3 is 4.57 Å². The highest BCUT2D eigenvalue weighted by Crippen LogP contribution is 2.12. The highest BCUT2D eigenvalue weighted by Gasteiger charge is 2.16. The molecule has 4 aromatic rings. The third-order valence-corrected chi connectivity index (χ3v) is 4.69. The average Bonchev–Trinajstić information content (AvgIpc) is 3.35. The van der Waals surface area contributed by atoms with Gasteiger partial charge in [0.25, 0.3) is 0 Å². The van der Waals surface area contributed by atoms with Gasteiger partial charge in [0.15, 0.2) is 0 Å². The molecule has 0 radical (unpaired) electrons. The average molecular weight is 392 g/mol. The molecule has 3 aromatic carbocycles. The summed E-state index contributed by atoms with van der Waals surface area (Å²) in [7, 11) is 0. The van der Waals surface area contributed by atoms with Crippen molar-refractivity contribution in [2.24, 2.45) is 10.2 Å². The number of aromatic nitrogens is 2. The molecule has 0 unspecified atom stereocenters. The Morgan fingerprint density at radius 3 is 2.00 bits per heavy atom. The first-order valence-corrected chi connectivity index (χ1v) is 9.58. The summed E-state index contributed by atoms with van der Waals surface area (Å²) < 4.78 is 1.93. The molecule has 30 heavy (non-hydrogen) atoms. The van der Waals surface area contributed by atoms with Crippen molar-refractivity contribution >= 4 is 17.2 Å². The van der Waals surface area contributed by atoms with Crippen LogP contribution in [-0.2, 0) is 0 Å². The van der Waals surface area contributed by atoms with Gasteiger partial charge in [-0.15, -0.1) is 5.10 Å². The Labute approximate surface area is 175 Å². The van der Waals surface area contributed by atoms with Gasteiger partial charge in [-0.2, -0.15) is 5.10 Å². The van der Waals surface area contributed by atoms with Gasteiger partial charge >= 0.3 is 0 Å². The summed E-state index contributed by atoms with van der Waals surface area (Å²) in [6.45, 7) is 1.88. The largest absolute Gasteiger partial charge is 0.306 e. The van der Waals surface area contributed by atoms with Gasteiger partial charge in [-0.1, -0.05) is 72.8 Å². The van der Waals surface area contributed by atoms with Crippen LogP contribution in [0.1, 0.15) is 28.4 Å². The number of benzene rings is 3. The lowest BCUT2D eigenvalue weighted by Gasteiger charge is -2.06. The van der Waals surface area contributed by atoms with E-state index in [1.807, 2.05) is 90.5 Å². The molecule has 5 heteroatoms. The number of carbonyl (C=O) groups excluding carboxylic acids is 1. The third-order valence-electron chi connectivity index (χ3n) is 4.69. The maximum atomic E-state index is 13.1. The van der Waals surface area contributed by atoms with Gasteiger partial charge in [0.2, 0.25) is 5.78 Å². The minimum Gasteiger partial charge on any atom is -0.306 e. The first-order chi connectivity index (χ1) is 14.7. The number of hydrogen-bond donors (Lipinski definition) is 0. The first kappa shape index (κ1) is 19.2. The molecule has 4 rings (SSSR count). The zero-order valence-electron chi connectivity index (χ0n) is 16.5. The van der Waals surface area contributed by atoms with Crippen LogP contribution in [0.2, 0.25) is 0 Å². The van der Waals surface area contributed by atoms with E-state index in [0.717, 1.165) is 22.5 Å². The van der Waals surface area contributed by atoms with E-state index in [0.29, 0.717) is 11.3 Å². The molecule has 0 N–H and O–H groups in total. The zero-order chi connectivity index (χ0) is 20.8. The Balaban J connectivity index is 1.66. The minimum atomic E-state index is -0.159. The highest BCUT2D eigenvalue weighted by molar-refractivity contribution is 6.51. The number of rotatable bonds is 6. The van der Waals surface area contributed by atoms with Crippen LogP contribution >= 0.6 is 0 Å². The van der Waals surface area contributed by atoms with Gasteiger partial charge in [0, 0.05) is 29.2 Å². The molecule has 0 bridgehead atoms. The summed E-state index contributed by atoms with van der Waals surface area (Å²) in [4.78, 5) is 17.1. The molecular weight excluding hydrogens is 372 g/mol. The Hall–Kier alpha value is -4.12. The second-order valence-corrected chi connectivity index (χ2v) is 6.71. The zero-order valence-corrected chi connectivity index (χ0v) is 16.5. The van der Waals surface area contributed by atoms with Crippen LogP contribution in [0.25, 0.3) is 5.69 Å². The van der Waals surface area contributed by atoms with Gasteiger partial charge in [-0.25, -0.2) is 4.98 Å². The number of nitrogens with zero attached hydrogens (tertiary/aromatic N) is 4. The van der Waals surface area contributed by atoms with Crippen molar-refractivity contribution in [3.63, 3.8) is 0 Å². The Morgan fingerprint density at radius 1 is 0.767 bits per heavy atom. The SMILES string of the molecule is CC(=NN=C(C(=O)c1ccccc1)c1ccccc1)c1ccc(-n2ccnc2)cc1. The molecule has 5 nitrogen and oxygen atoms in total. The van der Waals surface area contributed by atoms with E-state index < -0.39 is 0 Å². The van der Waals surface area contributed by atoms with Crippen molar-refractivity contribution in [3.05, 3.63) is 120 Å². The van der Waals surface area contributed by atoms with Crippen LogP contribution in [0, 0.1) is 0 Å². The summed E-state index contributed by atoms with van der Waals surface area (Å²) in [6, 6.07) is 26.5. The molecule has 0 aliphatic heterocycles. The van der Waals surface area contributed by atoms with Gasteiger partial charge in [0.1, 0.15) is 5.71 Å². The van der Waals surface area contributed by atoms with Crippen molar-refractivity contribution in [2.75, 3.05) is 0 Å². The Kier molecular flexibility index (Phi) is 5.71. The monoisotopic (exact) mass is 392 g/mol. The van der Waals surface area contributed by atoms with Gasteiger partial charge in [-0.3, -0.25) is 4.79 Å². The molecule has 1 heterocycles. The molecule has 0 spiro atoms. The van der Waals surface area contributed by atoms with Gasteiger partial charge in [-0.05, 0) is 24.6 Å². The Bertz CT molecular complexity index is 1180. The second-order valence-electron chi connectivity index (χ2n) is 6.71. The highest BCUT2D eigenvalue weighted by atomic mass is 16.1. The summed E-state index contributed by atoms with van der Waals surface area (Å²) >= 11 is 0. The quantitative estimate of drug-likeness (QED) is 0.264. The van der Waals surface area contributed by atoms with E-state index in [1.54, 1.807) is 24.7 Å². The number of Topliss-reactive ketones (excluding diaryl/α,β-unsaturated/α-hetero) is 1. The van der Waals surface area contributed by atoms with E-state index in [1.165, 1.54) is 0 Å². The van der Waals surface area contributed by atoms with E-state index in [4.69, 9.17) is 0 Å². The van der Waals surface area contributed by atoms with Crippen molar-refractivity contribution < 1.29 is 4.79 Å². The lowest BCUT2D eigenvalue weighted by atomic mass is 10.0. The lowest BCUT2D eigenvalue weighted by molar-refractivity contribution is 0.106. The molecule has 0 atom stereocenters. The predicted molar refractivity (Wildman–Crippen MR) is 120 cm³/mol. The van der Waals surface area contributed by atoms with Crippen LogP contribution in [-0.4, -0.2) is 26.8 Å². The standard InChI is InChI=1S/C25H20N4O/c1-19(20-12-14-23(15-13-20)29-17-16-26-18-29)27-28-24(21-8-4-2-5-9-21)25(30)22-10-6-3-7-11-22/h2-18H,1H3. The van der Waals surface area contributed by atoms with E-state index in [9.17, 15) is 4.79 Å². The predicted octanol–water partition coefficient (Wildman–Crippen LogP) is 4.97. The fourth-order valence-electron chi connectivity index (χ4n) is 3.03. The molecule has 0 saturated carbocycles. The van der Waals surface area contributed by atoms with E-state index in [2.05, 4.69) is 15.2 Å². The molecular formula is C25H20N4O.